The highest BCUT2D eigenvalue weighted by Gasteiger charge is 2.29. The second-order valence-electron chi connectivity index (χ2n) is 7.09. The molecule has 4 rings (SSSR count). The topological polar surface area (TPSA) is 76.0 Å². The minimum absolute atomic E-state index is 0.0645. The fourth-order valence-corrected chi connectivity index (χ4v) is 3.59. The molecule has 3 aromatic rings. The van der Waals surface area contributed by atoms with Crippen LogP contribution in [0.15, 0.2) is 59.9 Å². The molecule has 6 nitrogen and oxygen atoms in total. The van der Waals surface area contributed by atoms with Crippen LogP contribution in [0.25, 0.3) is 5.69 Å². The summed E-state index contributed by atoms with van der Waals surface area (Å²) in [7, 11) is 0. The van der Waals surface area contributed by atoms with Crippen LogP contribution in [0.5, 0.6) is 0 Å². The minimum atomic E-state index is -0.340. The number of hydrogen-bond acceptors (Lipinski definition) is 4. The Bertz CT molecular complexity index is 1060. The molecule has 1 saturated carbocycles. The Kier molecular flexibility index (Phi) is 5.85. The largest absolute Gasteiger partial charge is 0.347 e. The summed E-state index contributed by atoms with van der Waals surface area (Å²) in [6.07, 6.45) is 5.31. The number of nitrogens with zero attached hydrogens (tertiary/aromatic N) is 2. The quantitative estimate of drug-likeness (QED) is 0.562. The molecule has 30 heavy (non-hydrogen) atoms. The number of carbonyl (C=O) groups is 2. The van der Waals surface area contributed by atoms with Gasteiger partial charge in [-0.2, -0.15) is 0 Å². The first-order valence-corrected chi connectivity index (χ1v) is 10.8. The van der Waals surface area contributed by atoms with Crippen molar-refractivity contribution in [2.24, 2.45) is 5.92 Å². The number of thioether (sulfide) groups is 1. The average Bonchev–Trinajstić information content (AvgIpc) is 3.53. The molecule has 0 radical (unpaired) electrons. The third-order valence-electron chi connectivity index (χ3n) is 4.85. The molecule has 0 bridgehead atoms. The third-order valence-corrected chi connectivity index (χ3v) is 5.51. The lowest BCUT2D eigenvalue weighted by molar-refractivity contribution is -0.117. The smallest absolute Gasteiger partial charge is 0.270 e. The highest BCUT2D eigenvalue weighted by Crippen LogP contribution is 2.30. The summed E-state index contributed by atoms with van der Waals surface area (Å²) in [5, 5.41) is 6.43. The van der Waals surface area contributed by atoms with Gasteiger partial charge in [0.1, 0.15) is 11.5 Å². The number of aromatic nitrogens is 2. The number of benzene rings is 2. The maximum atomic E-state index is 13.3. The van der Waals surface area contributed by atoms with Gasteiger partial charge >= 0.3 is 0 Å². The van der Waals surface area contributed by atoms with Crippen LogP contribution in [0.1, 0.15) is 28.9 Å². The maximum absolute atomic E-state index is 13.3. The van der Waals surface area contributed by atoms with E-state index in [1.54, 1.807) is 16.7 Å². The first kappa shape index (κ1) is 20.2. The van der Waals surface area contributed by atoms with Gasteiger partial charge in [0.05, 0.1) is 6.20 Å². The van der Waals surface area contributed by atoms with Crippen molar-refractivity contribution in [3.63, 3.8) is 0 Å². The van der Waals surface area contributed by atoms with Gasteiger partial charge in [0.25, 0.3) is 5.91 Å². The molecule has 8 heteroatoms. The summed E-state index contributed by atoms with van der Waals surface area (Å²) in [6.45, 7) is 0.332. The lowest BCUT2D eigenvalue weighted by Crippen LogP contribution is -2.25. The Morgan fingerprint density at radius 2 is 1.83 bits per heavy atom. The maximum Gasteiger partial charge on any atom is 0.270 e. The van der Waals surface area contributed by atoms with Gasteiger partial charge in [-0.25, -0.2) is 9.37 Å². The molecule has 0 unspecified atom stereocenters. The van der Waals surface area contributed by atoms with Gasteiger partial charge in [0, 0.05) is 23.8 Å². The summed E-state index contributed by atoms with van der Waals surface area (Å²) in [6, 6.07) is 13.3. The zero-order valence-electron chi connectivity index (χ0n) is 16.4. The average molecular weight is 425 g/mol. The zero-order chi connectivity index (χ0) is 21.1. The lowest BCUT2D eigenvalue weighted by atomic mass is 10.2. The molecular weight excluding hydrogens is 403 g/mol. The van der Waals surface area contributed by atoms with E-state index in [0.29, 0.717) is 23.1 Å². The molecule has 2 aromatic carbocycles. The van der Waals surface area contributed by atoms with Crippen LogP contribution in [-0.4, -0.2) is 27.6 Å². The molecule has 0 atom stereocenters. The summed E-state index contributed by atoms with van der Waals surface area (Å²) >= 11 is 1.40. The molecular formula is C22H21FN4O2S. The van der Waals surface area contributed by atoms with Crippen LogP contribution in [0.3, 0.4) is 0 Å². The van der Waals surface area contributed by atoms with Crippen LogP contribution >= 0.6 is 11.8 Å². The third kappa shape index (κ3) is 4.54. The van der Waals surface area contributed by atoms with E-state index < -0.39 is 0 Å². The number of halogens is 1. The normalized spacial score (nSPS) is 13.1. The second kappa shape index (κ2) is 8.71. The minimum Gasteiger partial charge on any atom is -0.347 e. The van der Waals surface area contributed by atoms with Gasteiger partial charge in [0.15, 0.2) is 5.16 Å². The van der Waals surface area contributed by atoms with E-state index in [9.17, 15) is 14.0 Å². The molecule has 0 saturated heterocycles. The lowest BCUT2D eigenvalue weighted by Gasteiger charge is -2.12. The molecule has 0 aliphatic heterocycles. The molecule has 1 heterocycles. The number of rotatable bonds is 7. The van der Waals surface area contributed by atoms with Crippen molar-refractivity contribution < 1.29 is 14.0 Å². The molecule has 2 amide bonds. The fraction of sp³-hybridized carbons (Fsp3) is 0.227. The van der Waals surface area contributed by atoms with Crippen LogP contribution in [-0.2, 0) is 11.3 Å². The fourth-order valence-electron chi connectivity index (χ4n) is 3.05. The Labute approximate surface area is 177 Å². The van der Waals surface area contributed by atoms with Gasteiger partial charge in [-0.15, -0.1) is 0 Å². The van der Waals surface area contributed by atoms with E-state index in [-0.39, 0.29) is 23.5 Å². The predicted octanol–water partition coefficient (Wildman–Crippen LogP) is 4.01. The number of anilines is 1. The van der Waals surface area contributed by atoms with Gasteiger partial charge < -0.3 is 10.6 Å². The van der Waals surface area contributed by atoms with Crippen LogP contribution in [0.4, 0.5) is 10.1 Å². The van der Waals surface area contributed by atoms with E-state index >= 15 is 0 Å². The van der Waals surface area contributed by atoms with Gasteiger partial charge in [-0.3, -0.25) is 14.2 Å². The Hall–Kier alpha value is -3.13. The predicted molar refractivity (Wildman–Crippen MR) is 114 cm³/mol. The summed E-state index contributed by atoms with van der Waals surface area (Å²) in [5.74, 6) is -0.402. The van der Waals surface area contributed by atoms with E-state index in [4.69, 9.17) is 0 Å². The second-order valence-corrected chi connectivity index (χ2v) is 7.86. The highest BCUT2D eigenvalue weighted by molar-refractivity contribution is 7.98. The van der Waals surface area contributed by atoms with Gasteiger partial charge in [-0.05, 0) is 61.1 Å². The van der Waals surface area contributed by atoms with Crippen molar-refractivity contribution in [3.05, 3.63) is 71.8 Å². The van der Waals surface area contributed by atoms with Crippen molar-refractivity contribution in [2.45, 2.75) is 24.5 Å². The molecule has 1 aliphatic rings. The molecule has 1 aromatic heterocycles. The number of amides is 2. The summed E-state index contributed by atoms with van der Waals surface area (Å²) < 4.78 is 15.0. The SMILES string of the molecule is CSc1ncc(C(=O)NCc2ccc(NC(=O)C3CC3)cc2)n1-c1ccc(F)cc1. The van der Waals surface area contributed by atoms with Crippen molar-refractivity contribution in [2.75, 3.05) is 11.6 Å². The molecule has 2 N–H and O–H groups in total. The molecule has 1 fully saturated rings. The zero-order valence-corrected chi connectivity index (χ0v) is 17.2. The Morgan fingerprint density at radius 1 is 1.13 bits per heavy atom. The number of hydrogen-bond donors (Lipinski definition) is 2. The highest BCUT2D eigenvalue weighted by atomic mass is 32.2. The Morgan fingerprint density at radius 3 is 2.47 bits per heavy atom. The monoisotopic (exact) mass is 424 g/mol. The van der Waals surface area contributed by atoms with E-state index in [0.717, 1.165) is 24.1 Å². The van der Waals surface area contributed by atoms with Crippen molar-refractivity contribution in [1.29, 1.82) is 0 Å². The summed E-state index contributed by atoms with van der Waals surface area (Å²) in [5.41, 5.74) is 2.70. The van der Waals surface area contributed by atoms with E-state index in [1.807, 2.05) is 30.5 Å². The van der Waals surface area contributed by atoms with Gasteiger partial charge in [-0.1, -0.05) is 23.9 Å². The van der Waals surface area contributed by atoms with Crippen LogP contribution in [0, 0.1) is 11.7 Å². The molecule has 0 spiro atoms. The van der Waals surface area contributed by atoms with Gasteiger partial charge in [0.2, 0.25) is 5.91 Å². The van der Waals surface area contributed by atoms with Crippen LogP contribution < -0.4 is 10.6 Å². The van der Waals surface area contributed by atoms with E-state index in [1.165, 1.54) is 30.1 Å². The van der Waals surface area contributed by atoms with Crippen LogP contribution in [0.2, 0.25) is 0 Å². The first-order valence-electron chi connectivity index (χ1n) is 9.61. The number of imidazole rings is 1. The van der Waals surface area contributed by atoms with Crippen molar-refractivity contribution >= 4 is 29.3 Å². The molecule has 1 aliphatic carbocycles. The number of nitrogens with one attached hydrogen (secondary N) is 2. The molecule has 154 valence electrons. The Balaban J connectivity index is 1.43. The first-order chi connectivity index (χ1) is 14.5. The van der Waals surface area contributed by atoms with E-state index in [2.05, 4.69) is 15.6 Å². The van der Waals surface area contributed by atoms with Crippen molar-refractivity contribution in [3.8, 4) is 5.69 Å². The standard InChI is InChI=1S/C22H21FN4O2S/c1-30-22-25-13-19(27(22)18-10-6-16(23)7-11-18)21(29)24-12-14-2-8-17(9-3-14)26-20(28)15-4-5-15/h2-3,6-11,13,15H,4-5,12H2,1H3,(H,24,29)(H,26,28). The summed E-state index contributed by atoms with van der Waals surface area (Å²) in [4.78, 5) is 28.9. The van der Waals surface area contributed by atoms with Crippen molar-refractivity contribution in [1.82, 2.24) is 14.9 Å². The number of carbonyl (C=O) groups excluding carboxylic acids is 2.